The zero-order valence-electron chi connectivity index (χ0n) is 10.5. The van der Waals surface area contributed by atoms with E-state index in [1.807, 2.05) is 30.3 Å². The number of para-hydroxylation sites is 1. The second kappa shape index (κ2) is 5.00. The number of hydrogen-bond acceptors (Lipinski definition) is 4. The van der Waals surface area contributed by atoms with Gasteiger partial charge in [-0.2, -0.15) is 5.10 Å². The molecule has 3 aromatic rings. The highest BCUT2D eigenvalue weighted by Gasteiger charge is 2.08. The lowest BCUT2D eigenvalue weighted by atomic mass is 10.2. The van der Waals surface area contributed by atoms with Crippen LogP contribution in [0.5, 0.6) is 5.75 Å². The normalized spacial score (nSPS) is 10.6. The Labute approximate surface area is 114 Å². The van der Waals surface area contributed by atoms with Gasteiger partial charge in [0, 0.05) is 23.7 Å². The zero-order valence-corrected chi connectivity index (χ0v) is 10.5. The van der Waals surface area contributed by atoms with E-state index in [2.05, 4.69) is 5.10 Å². The number of rotatable bonds is 4. The van der Waals surface area contributed by atoms with Gasteiger partial charge in [0.05, 0.1) is 10.4 Å². The summed E-state index contributed by atoms with van der Waals surface area (Å²) in [5.74, 6) is 0.748. The predicted octanol–water partition coefficient (Wildman–Crippen LogP) is 2.98. The second-order valence-corrected chi connectivity index (χ2v) is 4.26. The molecule has 0 bridgehead atoms. The molecule has 6 nitrogen and oxygen atoms in total. The number of benzene rings is 2. The van der Waals surface area contributed by atoms with E-state index in [4.69, 9.17) is 4.74 Å². The number of fused-ring (bicyclic) bond motifs is 1. The van der Waals surface area contributed by atoms with Gasteiger partial charge >= 0.3 is 0 Å². The zero-order chi connectivity index (χ0) is 13.9. The molecule has 0 aliphatic rings. The average molecular weight is 269 g/mol. The van der Waals surface area contributed by atoms with Gasteiger partial charge in [-0.15, -0.1) is 0 Å². The number of nitro benzene ring substituents is 1. The summed E-state index contributed by atoms with van der Waals surface area (Å²) in [6.45, 7) is 0.256. The van der Waals surface area contributed by atoms with E-state index in [0.29, 0.717) is 5.52 Å². The van der Waals surface area contributed by atoms with Gasteiger partial charge < -0.3 is 4.74 Å². The van der Waals surface area contributed by atoms with E-state index < -0.39 is 4.92 Å². The highest BCUT2D eigenvalue weighted by atomic mass is 16.6. The number of hydrogen-bond donors (Lipinski definition) is 0. The molecule has 0 spiro atoms. The number of non-ortho nitro benzene ring substituents is 1. The van der Waals surface area contributed by atoms with Crippen LogP contribution < -0.4 is 4.74 Å². The fourth-order valence-corrected chi connectivity index (χ4v) is 1.89. The van der Waals surface area contributed by atoms with Crippen LogP contribution in [-0.2, 0) is 6.73 Å². The van der Waals surface area contributed by atoms with E-state index in [1.165, 1.54) is 12.1 Å². The standard InChI is InChI=1S/C14H11N3O3/c18-17(19)12-7-6-11-9-16(15-14(11)8-12)10-20-13-4-2-1-3-5-13/h1-9H,10H2. The van der Waals surface area contributed by atoms with Gasteiger partial charge in [-0.25, -0.2) is 4.68 Å². The molecule has 0 saturated heterocycles. The minimum Gasteiger partial charge on any atom is -0.471 e. The molecule has 0 aliphatic heterocycles. The van der Waals surface area contributed by atoms with Gasteiger partial charge in [0.2, 0.25) is 0 Å². The van der Waals surface area contributed by atoms with Gasteiger partial charge in [-0.1, -0.05) is 18.2 Å². The lowest BCUT2D eigenvalue weighted by molar-refractivity contribution is -0.384. The van der Waals surface area contributed by atoms with E-state index in [0.717, 1.165) is 11.1 Å². The quantitative estimate of drug-likeness (QED) is 0.539. The third-order valence-electron chi connectivity index (χ3n) is 2.86. The molecule has 2 aromatic carbocycles. The molecule has 1 aromatic heterocycles. The van der Waals surface area contributed by atoms with Crippen LogP contribution in [0, 0.1) is 10.1 Å². The summed E-state index contributed by atoms with van der Waals surface area (Å²) in [5, 5.41) is 15.8. The van der Waals surface area contributed by atoms with Gasteiger partial charge in [-0.3, -0.25) is 10.1 Å². The Morgan fingerprint density at radius 2 is 2.00 bits per heavy atom. The van der Waals surface area contributed by atoms with Crippen molar-refractivity contribution in [3.63, 3.8) is 0 Å². The van der Waals surface area contributed by atoms with Gasteiger partial charge in [0.1, 0.15) is 5.75 Å². The number of nitro groups is 1. The molecule has 0 atom stereocenters. The molecule has 0 aliphatic carbocycles. The summed E-state index contributed by atoms with van der Waals surface area (Å²) in [4.78, 5) is 10.3. The minimum absolute atomic E-state index is 0.0340. The first-order chi connectivity index (χ1) is 9.72. The molecule has 6 heteroatoms. The molecule has 0 saturated carbocycles. The van der Waals surface area contributed by atoms with Crippen molar-refractivity contribution in [1.29, 1.82) is 0 Å². The maximum absolute atomic E-state index is 10.7. The Morgan fingerprint density at radius 1 is 1.20 bits per heavy atom. The van der Waals surface area contributed by atoms with Crippen LogP contribution in [0.3, 0.4) is 0 Å². The third-order valence-corrected chi connectivity index (χ3v) is 2.86. The third kappa shape index (κ3) is 2.44. The van der Waals surface area contributed by atoms with Crippen LogP contribution in [-0.4, -0.2) is 14.7 Å². The van der Waals surface area contributed by atoms with Crippen molar-refractivity contribution in [1.82, 2.24) is 9.78 Å². The average Bonchev–Trinajstić information content (AvgIpc) is 2.88. The molecular formula is C14H11N3O3. The van der Waals surface area contributed by atoms with E-state index >= 15 is 0 Å². The molecule has 100 valence electrons. The van der Waals surface area contributed by atoms with Crippen LogP contribution in [0.4, 0.5) is 5.69 Å². The van der Waals surface area contributed by atoms with Crippen molar-refractivity contribution < 1.29 is 9.66 Å². The minimum atomic E-state index is -0.432. The van der Waals surface area contributed by atoms with E-state index in [9.17, 15) is 10.1 Å². The van der Waals surface area contributed by atoms with Crippen LogP contribution >= 0.6 is 0 Å². The van der Waals surface area contributed by atoms with Crippen molar-refractivity contribution in [2.24, 2.45) is 0 Å². The fourth-order valence-electron chi connectivity index (χ4n) is 1.89. The maximum Gasteiger partial charge on any atom is 0.271 e. The Kier molecular flexibility index (Phi) is 3.04. The number of ether oxygens (including phenoxy) is 1. The van der Waals surface area contributed by atoms with Crippen molar-refractivity contribution in [2.75, 3.05) is 0 Å². The first-order valence-corrected chi connectivity index (χ1v) is 6.02. The smallest absolute Gasteiger partial charge is 0.271 e. The first-order valence-electron chi connectivity index (χ1n) is 6.02. The molecule has 1 heterocycles. The summed E-state index contributed by atoms with van der Waals surface area (Å²) < 4.78 is 7.18. The van der Waals surface area contributed by atoms with Gasteiger partial charge in [0.25, 0.3) is 5.69 Å². The molecule has 0 fully saturated rings. The van der Waals surface area contributed by atoms with Crippen molar-refractivity contribution >= 4 is 16.6 Å². The number of nitrogens with zero attached hydrogens (tertiary/aromatic N) is 3. The van der Waals surface area contributed by atoms with Crippen LogP contribution in [0.2, 0.25) is 0 Å². The fraction of sp³-hybridized carbons (Fsp3) is 0.0714. The molecule has 0 amide bonds. The lowest BCUT2D eigenvalue weighted by Crippen LogP contribution is -2.05. The van der Waals surface area contributed by atoms with Crippen molar-refractivity contribution in [3.8, 4) is 5.75 Å². The summed E-state index contributed by atoms with van der Waals surface area (Å²) in [7, 11) is 0. The van der Waals surface area contributed by atoms with Gasteiger partial charge in [-0.05, 0) is 18.2 Å². The summed E-state index contributed by atoms with van der Waals surface area (Å²) >= 11 is 0. The highest BCUT2D eigenvalue weighted by molar-refractivity contribution is 5.80. The van der Waals surface area contributed by atoms with Crippen LogP contribution in [0.1, 0.15) is 0 Å². The highest BCUT2D eigenvalue weighted by Crippen LogP contribution is 2.19. The first kappa shape index (κ1) is 12.2. The molecule has 0 N–H and O–H groups in total. The molecule has 20 heavy (non-hydrogen) atoms. The maximum atomic E-state index is 10.7. The monoisotopic (exact) mass is 269 g/mol. The molecule has 0 unspecified atom stereocenters. The van der Waals surface area contributed by atoms with E-state index in [1.54, 1.807) is 16.9 Å². The predicted molar refractivity (Wildman–Crippen MR) is 73.5 cm³/mol. The summed E-state index contributed by atoms with van der Waals surface area (Å²) in [6, 6.07) is 14.0. The summed E-state index contributed by atoms with van der Waals surface area (Å²) in [5.41, 5.74) is 0.614. The topological polar surface area (TPSA) is 70.2 Å². The lowest BCUT2D eigenvalue weighted by Gasteiger charge is -2.04. The Bertz CT molecular complexity index is 753. The molecular weight excluding hydrogens is 258 g/mol. The number of aromatic nitrogens is 2. The van der Waals surface area contributed by atoms with Crippen molar-refractivity contribution in [2.45, 2.75) is 6.73 Å². The molecule has 0 radical (unpaired) electrons. The SMILES string of the molecule is O=[N+]([O-])c1ccc2cn(COc3ccccc3)nc2c1. The largest absolute Gasteiger partial charge is 0.471 e. The van der Waals surface area contributed by atoms with E-state index in [-0.39, 0.29) is 12.4 Å². The van der Waals surface area contributed by atoms with Crippen molar-refractivity contribution in [3.05, 3.63) is 64.8 Å². The Morgan fingerprint density at radius 3 is 2.75 bits per heavy atom. The Hall–Kier alpha value is -2.89. The van der Waals surface area contributed by atoms with Crippen LogP contribution in [0.25, 0.3) is 10.9 Å². The van der Waals surface area contributed by atoms with Gasteiger partial charge in [0.15, 0.2) is 6.73 Å². The van der Waals surface area contributed by atoms with Crippen LogP contribution in [0.15, 0.2) is 54.7 Å². The summed E-state index contributed by atoms with van der Waals surface area (Å²) in [6.07, 6.45) is 1.79. The molecule has 3 rings (SSSR count). The Balaban J connectivity index is 1.80. The second-order valence-electron chi connectivity index (χ2n) is 4.26.